The van der Waals surface area contributed by atoms with Gasteiger partial charge in [-0.3, -0.25) is 0 Å². The van der Waals surface area contributed by atoms with E-state index in [1.165, 1.54) is 51.5 Å². The van der Waals surface area contributed by atoms with Crippen molar-refractivity contribution in [2.24, 2.45) is 5.92 Å². The molecule has 1 aliphatic carbocycles. The fourth-order valence-electron chi connectivity index (χ4n) is 2.89. The summed E-state index contributed by atoms with van der Waals surface area (Å²) in [5.41, 5.74) is 0. The van der Waals surface area contributed by atoms with Crippen molar-refractivity contribution in [2.75, 3.05) is 20.6 Å². The monoisotopic (exact) mass is 240 g/mol. The van der Waals surface area contributed by atoms with Crippen molar-refractivity contribution >= 4 is 0 Å². The minimum Gasteiger partial charge on any atom is -0.311 e. The van der Waals surface area contributed by atoms with Crippen LogP contribution < -0.4 is 5.32 Å². The summed E-state index contributed by atoms with van der Waals surface area (Å²) in [5, 5.41) is 3.83. The molecule has 0 saturated heterocycles. The van der Waals surface area contributed by atoms with Gasteiger partial charge < -0.3 is 10.2 Å². The molecule has 1 fully saturated rings. The van der Waals surface area contributed by atoms with Crippen LogP contribution in [0.15, 0.2) is 0 Å². The van der Waals surface area contributed by atoms with Gasteiger partial charge in [0, 0.05) is 12.1 Å². The van der Waals surface area contributed by atoms with Crippen LogP contribution in [-0.4, -0.2) is 37.6 Å². The van der Waals surface area contributed by atoms with Gasteiger partial charge >= 0.3 is 0 Å². The van der Waals surface area contributed by atoms with Crippen molar-refractivity contribution in [3.8, 4) is 0 Å². The molecule has 102 valence electrons. The molecule has 0 bridgehead atoms. The molecule has 0 amide bonds. The second-order valence-corrected chi connectivity index (χ2v) is 6.14. The second kappa shape index (κ2) is 8.10. The lowest BCUT2D eigenvalue weighted by atomic mass is 9.97. The fourth-order valence-corrected chi connectivity index (χ4v) is 2.89. The van der Waals surface area contributed by atoms with Crippen LogP contribution in [0.1, 0.15) is 58.8 Å². The molecule has 2 nitrogen and oxygen atoms in total. The van der Waals surface area contributed by atoms with Gasteiger partial charge in [-0.05, 0) is 59.2 Å². The molecule has 2 heteroatoms. The third-order valence-electron chi connectivity index (χ3n) is 4.20. The first-order chi connectivity index (χ1) is 8.11. The van der Waals surface area contributed by atoms with E-state index in [0.29, 0.717) is 6.04 Å². The summed E-state index contributed by atoms with van der Waals surface area (Å²) in [6.45, 7) is 5.88. The number of nitrogens with one attached hydrogen (secondary N) is 1. The SMILES string of the molecule is CCC1CCCC(NC(C)CCN(C)C)CC1. The minimum atomic E-state index is 0.667. The van der Waals surface area contributed by atoms with Gasteiger partial charge in [0.2, 0.25) is 0 Å². The minimum absolute atomic E-state index is 0.667. The second-order valence-electron chi connectivity index (χ2n) is 6.14. The molecular weight excluding hydrogens is 208 g/mol. The van der Waals surface area contributed by atoms with E-state index in [4.69, 9.17) is 0 Å². The van der Waals surface area contributed by atoms with Crippen LogP contribution in [0.4, 0.5) is 0 Å². The number of rotatable bonds is 6. The third kappa shape index (κ3) is 6.42. The van der Waals surface area contributed by atoms with E-state index in [1.54, 1.807) is 0 Å². The van der Waals surface area contributed by atoms with Gasteiger partial charge in [-0.1, -0.05) is 26.2 Å². The highest BCUT2D eigenvalue weighted by Crippen LogP contribution is 2.25. The summed E-state index contributed by atoms with van der Waals surface area (Å²) < 4.78 is 0. The van der Waals surface area contributed by atoms with Crippen LogP contribution in [0, 0.1) is 5.92 Å². The van der Waals surface area contributed by atoms with E-state index in [-0.39, 0.29) is 0 Å². The van der Waals surface area contributed by atoms with Crippen molar-refractivity contribution in [1.82, 2.24) is 10.2 Å². The van der Waals surface area contributed by atoms with Crippen molar-refractivity contribution in [3.63, 3.8) is 0 Å². The summed E-state index contributed by atoms with van der Waals surface area (Å²) in [4.78, 5) is 2.28. The molecule has 0 heterocycles. The van der Waals surface area contributed by atoms with Crippen molar-refractivity contribution < 1.29 is 0 Å². The Morgan fingerprint density at radius 2 is 1.94 bits per heavy atom. The lowest BCUT2D eigenvalue weighted by Crippen LogP contribution is -2.37. The summed E-state index contributed by atoms with van der Waals surface area (Å²) in [5.74, 6) is 0.999. The van der Waals surface area contributed by atoms with E-state index in [1.807, 2.05) is 0 Å². The molecule has 1 rings (SSSR count). The van der Waals surface area contributed by atoms with Crippen molar-refractivity contribution in [3.05, 3.63) is 0 Å². The topological polar surface area (TPSA) is 15.3 Å². The molecule has 3 atom stereocenters. The van der Waals surface area contributed by atoms with Gasteiger partial charge in [-0.15, -0.1) is 0 Å². The average molecular weight is 240 g/mol. The fraction of sp³-hybridized carbons (Fsp3) is 1.00. The third-order valence-corrected chi connectivity index (χ3v) is 4.20. The molecule has 0 radical (unpaired) electrons. The van der Waals surface area contributed by atoms with E-state index in [2.05, 4.69) is 38.2 Å². The number of nitrogens with zero attached hydrogens (tertiary/aromatic N) is 1. The Morgan fingerprint density at radius 1 is 1.18 bits per heavy atom. The molecule has 0 aromatic heterocycles. The van der Waals surface area contributed by atoms with E-state index in [9.17, 15) is 0 Å². The molecular formula is C15H32N2. The molecule has 0 spiro atoms. The Labute approximate surface area is 108 Å². The predicted molar refractivity (Wildman–Crippen MR) is 76.4 cm³/mol. The smallest absolute Gasteiger partial charge is 0.00696 e. The standard InChI is InChI=1S/C15H32N2/c1-5-14-7-6-8-15(10-9-14)16-13(2)11-12-17(3)4/h13-16H,5-12H2,1-4H3. The predicted octanol–water partition coefficient (Wildman–Crippen LogP) is 3.28. The highest BCUT2D eigenvalue weighted by atomic mass is 15.1. The summed E-state index contributed by atoms with van der Waals surface area (Å²) in [6, 6.07) is 1.45. The Kier molecular flexibility index (Phi) is 7.14. The molecule has 1 saturated carbocycles. The van der Waals surface area contributed by atoms with Crippen molar-refractivity contribution in [2.45, 2.75) is 70.9 Å². The van der Waals surface area contributed by atoms with Gasteiger partial charge in [0.1, 0.15) is 0 Å². The van der Waals surface area contributed by atoms with Gasteiger partial charge in [0.25, 0.3) is 0 Å². The number of hydrogen-bond acceptors (Lipinski definition) is 2. The zero-order chi connectivity index (χ0) is 12.7. The normalized spacial score (nSPS) is 28.1. The Morgan fingerprint density at radius 3 is 2.59 bits per heavy atom. The van der Waals surface area contributed by atoms with Gasteiger partial charge in [-0.2, -0.15) is 0 Å². The molecule has 0 aliphatic heterocycles. The Hall–Kier alpha value is -0.0800. The summed E-state index contributed by atoms with van der Waals surface area (Å²) in [7, 11) is 4.31. The zero-order valence-corrected chi connectivity index (χ0v) is 12.3. The van der Waals surface area contributed by atoms with Crippen LogP contribution >= 0.6 is 0 Å². The maximum atomic E-state index is 3.83. The summed E-state index contributed by atoms with van der Waals surface area (Å²) >= 11 is 0. The van der Waals surface area contributed by atoms with Crippen LogP contribution in [0.3, 0.4) is 0 Å². The quantitative estimate of drug-likeness (QED) is 0.717. The summed E-state index contributed by atoms with van der Waals surface area (Å²) in [6.07, 6.45) is 9.75. The van der Waals surface area contributed by atoms with Crippen LogP contribution in [0.5, 0.6) is 0 Å². The molecule has 3 unspecified atom stereocenters. The number of hydrogen-bond donors (Lipinski definition) is 1. The maximum absolute atomic E-state index is 3.83. The Balaban J connectivity index is 2.21. The van der Waals surface area contributed by atoms with Crippen LogP contribution in [0.25, 0.3) is 0 Å². The molecule has 1 aliphatic rings. The lowest BCUT2D eigenvalue weighted by molar-refractivity contribution is 0.335. The van der Waals surface area contributed by atoms with Gasteiger partial charge in [0.05, 0.1) is 0 Å². The molecule has 1 N–H and O–H groups in total. The van der Waals surface area contributed by atoms with Gasteiger partial charge in [-0.25, -0.2) is 0 Å². The van der Waals surface area contributed by atoms with E-state index in [0.717, 1.165) is 12.0 Å². The average Bonchev–Trinajstić information content (AvgIpc) is 2.51. The first-order valence-corrected chi connectivity index (χ1v) is 7.52. The zero-order valence-electron chi connectivity index (χ0n) is 12.3. The largest absolute Gasteiger partial charge is 0.311 e. The van der Waals surface area contributed by atoms with E-state index < -0.39 is 0 Å². The molecule has 17 heavy (non-hydrogen) atoms. The first kappa shape index (κ1) is 15.0. The lowest BCUT2D eigenvalue weighted by Gasteiger charge is -2.23. The van der Waals surface area contributed by atoms with Crippen LogP contribution in [-0.2, 0) is 0 Å². The van der Waals surface area contributed by atoms with E-state index >= 15 is 0 Å². The highest BCUT2D eigenvalue weighted by molar-refractivity contribution is 4.77. The molecule has 0 aromatic carbocycles. The maximum Gasteiger partial charge on any atom is 0.00696 e. The van der Waals surface area contributed by atoms with Gasteiger partial charge in [0.15, 0.2) is 0 Å². The van der Waals surface area contributed by atoms with Crippen LogP contribution in [0.2, 0.25) is 0 Å². The highest BCUT2D eigenvalue weighted by Gasteiger charge is 2.18. The Bertz CT molecular complexity index is 191. The van der Waals surface area contributed by atoms with Crippen molar-refractivity contribution in [1.29, 1.82) is 0 Å². The molecule has 0 aromatic rings. The first-order valence-electron chi connectivity index (χ1n) is 7.52.